The second-order valence-corrected chi connectivity index (χ2v) is 3.54. The standard InChI is InChI=1S/C10H19N5O/c1-8-13-9(7-10(14-8)15-11)12-5-3-2-4-6-16/h7,16H,2-6,11H2,1H3,(H2,12,13,14,15). The molecule has 16 heavy (non-hydrogen) atoms. The number of nitrogens with zero attached hydrogens (tertiary/aromatic N) is 2. The molecule has 0 spiro atoms. The van der Waals surface area contributed by atoms with Gasteiger partial charge in [0.1, 0.15) is 17.5 Å². The number of aliphatic hydroxyl groups is 1. The molecule has 0 saturated carbocycles. The van der Waals surface area contributed by atoms with Crippen LogP contribution in [0.3, 0.4) is 0 Å². The number of aromatic nitrogens is 2. The number of nitrogens with two attached hydrogens (primary N) is 1. The summed E-state index contributed by atoms with van der Waals surface area (Å²) < 4.78 is 0. The zero-order valence-electron chi connectivity index (χ0n) is 9.53. The summed E-state index contributed by atoms with van der Waals surface area (Å²) in [5.41, 5.74) is 2.49. The van der Waals surface area contributed by atoms with Crippen molar-refractivity contribution >= 4 is 11.6 Å². The van der Waals surface area contributed by atoms with Gasteiger partial charge in [-0.2, -0.15) is 0 Å². The highest BCUT2D eigenvalue weighted by Gasteiger charge is 1.99. The van der Waals surface area contributed by atoms with Crippen LogP contribution < -0.4 is 16.6 Å². The monoisotopic (exact) mass is 225 g/mol. The van der Waals surface area contributed by atoms with Crippen LogP contribution >= 0.6 is 0 Å². The summed E-state index contributed by atoms with van der Waals surface area (Å²) in [6, 6.07) is 1.76. The van der Waals surface area contributed by atoms with Gasteiger partial charge in [-0.05, 0) is 26.2 Å². The number of unbranched alkanes of at least 4 members (excludes halogenated alkanes) is 2. The Morgan fingerprint density at radius 2 is 2.00 bits per heavy atom. The van der Waals surface area contributed by atoms with Gasteiger partial charge in [-0.1, -0.05) is 0 Å². The van der Waals surface area contributed by atoms with Crippen LogP contribution in [0.4, 0.5) is 11.6 Å². The van der Waals surface area contributed by atoms with Gasteiger partial charge in [-0.15, -0.1) is 0 Å². The van der Waals surface area contributed by atoms with E-state index in [1.807, 2.05) is 6.92 Å². The van der Waals surface area contributed by atoms with Crippen LogP contribution in [0.25, 0.3) is 0 Å². The predicted octanol–water partition coefficient (Wildman–Crippen LogP) is 0.645. The van der Waals surface area contributed by atoms with Crippen molar-refractivity contribution in [2.45, 2.75) is 26.2 Å². The second kappa shape index (κ2) is 6.97. The Morgan fingerprint density at radius 1 is 1.25 bits per heavy atom. The number of hydrogen-bond donors (Lipinski definition) is 4. The summed E-state index contributed by atoms with van der Waals surface area (Å²) >= 11 is 0. The Morgan fingerprint density at radius 3 is 2.69 bits per heavy atom. The first-order valence-corrected chi connectivity index (χ1v) is 5.43. The van der Waals surface area contributed by atoms with Crippen molar-refractivity contribution in [1.82, 2.24) is 9.97 Å². The third kappa shape index (κ3) is 4.41. The highest BCUT2D eigenvalue weighted by molar-refractivity contribution is 5.46. The molecule has 90 valence electrons. The summed E-state index contributed by atoms with van der Waals surface area (Å²) in [7, 11) is 0. The third-order valence-corrected chi connectivity index (χ3v) is 2.13. The third-order valence-electron chi connectivity index (χ3n) is 2.13. The predicted molar refractivity (Wildman–Crippen MR) is 64.0 cm³/mol. The number of nitrogens with one attached hydrogen (secondary N) is 2. The van der Waals surface area contributed by atoms with Gasteiger partial charge in [0.25, 0.3) is 0 Å². The molecule has 0 atom stereocenters. The molecule has 0 amide bonds. The smallest absolute Gasteiger partial charge is 0.145 e. The van der Waals surface area contributed by atoms with E-state index in [-0.39, 0.29) is 6.61 Å². The van der Waals surface area contributed by atoms with E-state index in [0.717, 1.165) is 31.6 Å². The molecule has 0 aromatic carbocycles. The molecular formula is C10H19N5O. The van der Waals surface area contributed by atoms with Crippen molar-refractivity contribution in [3.05, 3.63) is 11.9 Å². The summed E-state index contributed by atoms with van der Waals surface area (Å²) in [5, 5.41) is 11.8. The molecule has 0 saturated heterocycles. The summed E-state index contributed by atoms with van der Waals surface area (Å²) in [4.78, 5) is 8.32. The van der Waals surface area contributed by atoms with Crippen LogP contribution in [-0.2, 0) is 0 Å². The summed E-state index contributed by atoms with van der Waals surface area (Å²) in [6.45, 7) is 2.91. The molecule has 0 aliphatic carbocycles. The van der Waals surface area contributed by atoms with Crippen LogP contribution in [-0.4, -0.2) is 28.2 Å². The molecule has 0 unspecified atom stereocenters. The lowest BCUT2D eigenvalue weighted by atomic mass is 10.2. The Hall–Kier alpha value is -1.40. The molecule has 0 aliphatic heterocycles. The average molecular weight is 225 g/mol. The maximum Gasteiger partial charge on any atom is 0.145 e. The molecule has 0 bridgehead atoms. The van der Waals surface area contributed by atoms with Crippen LogP contribution in [0.5, 0.6) is 0 Å². The van der Waals surface area contributed by atoms with E-state index >= 15 is 0 Å². The van der Waals surface area contributed by atoms with Crippen LogP contribution in [0.2, 0.25) is 0 Å². The number of hydrazine groups is 1. The molecule has 5 N–H and O–H groups in total. The average Bonchev–Trinajstić information content (AvgIpc) is 2.28. The van der Waals surface area contributed by atoms with E-state index in [9.17, 15) is 0 Å². The maximum absolute atomic E-state index is 8.62. The Balaban J connectivity index is 2.38. The molecule has 0 radical (unpaired) electrons. The normalized spacial score (nSPS) is 10.2. The minimum Gasteiger partial charge on any atom is -0.396 e. The molecule has 1 aromatic rings. The van der Waals surface area contributed by atoms with Crippen LogP contribution in [0.1, 0.15) is 25.1 Å². The first kappa shape index (κ1) is 12.7. The number of hydrogen-bond acceptors (Lipinski definition) is 6. The van der Waals surface area contributed by atoms with Gasteiger partial charge in [0, 0.05) is 19.2 Å². The number of aryl methyl sites for hydroxylation is 1. The summed E-state index contributed by atoms with van der Waals surface area (Å²) in [6.07, 6.45) is 2.87. The lowest BCUT2D eigenvalue weighted by molar-refractivity contribution is 0.283. The minimum absolute atomic E-state index is 0.258. The first-order chi connectivity index (χ1) is 7.76. The van der Waals surface area contributed by atoms with Crippen molar-refractivity contribution < 1.29 is 5.11 Å². The van der Waals surface area contributed by atoms with Crippen LogP contribution in [0.15, 0.2) is 6.07 Å². The molecule has 6 nitrogen and oxygen atoms in total. The van der Waals surface area contributed by atoms with Gasteiger partial charge in [-0.25, -0.2) is 15.8 Å². The molecule has 0 fully saturated rings. The van der Waals surface area contributed by atoms with E-state index < -0.39 is 0 Å². The maximum atomic E-state index is 8.62. The fourth-order valence-corrected chi connectivity index (χ4v) is 1.36. The molecule has 1 rings (SSSR count). The van der Waals surface area contributed by atoms with Gasteiger partial charge in [-0.3, -0.25) is 0 Å². The summed E-state index contributed by atoms with van der Waals surface area (Å²) in [5.74, 6) is 7.33. The largest absolute Gasteiger partial charge is 0.396 e. The van der Waals surface area contributed by atoms with Crippen molar-refractivity contribution in [2.75, 3.05) is 23.9 Å². The highest BCUT2D eigenvalue weighted by Crippen LogP contribution is 2.09. The van der Waals surface area contributed by atoms with Gasteiger partial charge in [0.05, 0.1) is 0 Å². The van der Waals surface area contributed by atoms with Crippen molar-refractivity contribution in [3.8, 4) is 0 Å². The number of anilines is 2. The number of rotatable bonds is 7. The van der Waals surface area contributed by atoms with Gasteiger partial charge < -0.3 is 15.8 Å². The van der Waals surface area contributed by atoms with E-state index in [2.05, 4.69) is 20.7 Å². The Labute approximate surface area is 95.3 Å². The van der Waals surface area contributed by atoms with Crippen molar-refractivity contribution in [2.24, 2.45) is 5.84 Å². The van der Waals surface area contributed by atoms with E-state index in [1.165, 1.54) is 0 Å². The first-order valence-electron chi connectivity index (χ1n) is 5.43. The van der Waals surface area contributed by atoms with Crippen molar-refractivity contribution in [3.63, 3.8) is 0 Å². The quantitative estimate of drug-likeness (QED) is 0.309. The Bertz CT molecular complexity index is 318. The lowest BCUT2D eigenvalue weighted by Crippen LogP contribution is -2.11. The Kier molecular flexibility index (Phi) is 5.52. The zero-order chi connectivity index (χ0) is 11.8. The van der Waals surface area contributed by atoms with E-state index in [1.54, 1.807) is 6.07 Å². The van der Waals surface area contributed by atoms with Crippen molar-refractivity contribution in [1.29, 1.82) is 0 Å². The zero-order valence-corrected chi connectivity index (χ0v) is 9.53. The minimum atomic E-state index is 0.258. The topological polar surface area (TPSA) is 96.1 Å². The molecule has 6 heteroatoms. The molecular weight excluding hydrogens is 206 g/mol. The van der Waals surface area contributed by atoms with E-state index in [0.29, 0.717) is 11.6 Å². The molecule has 1 aromatic heterocycles. The van der Waals surface area contributed by atoms with Gasteiger partial charge in [0.15, 0.2) is 0 Å². The fourth-order valence-electron chi connectivity index (χ4n) is 1.36. The van der Waals surface area contributed by atoms with Gasteiger partial charge in [0.2, 0.25) is 0 Å². The lowest BCUT2D eigenvalue weighted by Gasteiger charge is -2.07. The molecule has 0 aliphatic rings. The van der Waals surface area contributed by atoms with E-state index in [4.69, 9.17) is 10.9 Å². The molecule has 1 heterocycles. The number of aliphatic hydroxyl groups excluding tert-OH is 1. The van der Waals surface area contributed by atoms with Gasteiger partial charge >= 0.3 is 0 Å². The highest BCUT2D eigenvalue weighted by atomic mass is 16.2. The fraction of sp³-hybridized carbons (Fsp3) is 0.600. The number of nitrogen functional groups attached to an aromatic ring is 1. The van der Waals surface area contributed by atoms with Crippen LogP contribution in [0, 0.1) is 6.92 Å². The second-order valence-electron chi connectivity index (χ2n) is 3.54. The SMILES string of the molecule is Cc1nc(NN)cc(NCCCCCO)n1.